The quantitative estimate of drug-likeness (QED) is 0.447. The van der Waals surface area contributed by atoms with E-state index in [4.69, 9.17) is 16.6 Å². The van der Waals surface area contributed by atoms with E-state index in [9.17, 15) is 13.2 Å². The standard InChI is InChI=1S/C21H19ClN6O3S/c22-17-12-16(4-3-14(17)13-29)32(30,31)27-10-5-15(6-11-27)28-20-18(2-1-7-25-20)26-21(28)19-23-8-9-24-19/h1-4,7-9,12-13,15H,5-6,10-11H2,(H,23,24). The molecule has 1 N–H and O–H groups in total. The van der Waals surface area contributed by atoms with Crippen LogP contribution < -0.4 is 0 Å². The van der Waals surface area contributed by atoms with Gasteiger partial charge in [0, 0.05) is 43.3 Å². The number of benzene rings is 1. The van der Waals surface area contributed by atoms with Gasteiger partial charge in [-0.05, 0) is 43.2 Å². The van der Waals surface area contributed by atoms with Gasteiger partial charge >= 0.3 is 0 Å². The number of aromatic nitrogens is 5. The van der Waals surface area contributed by atoms with Crippen molar-refractivity contribution in [3.05, 3.63) is 59.5 Å². The van der Waals surface area contributed by atoms with Crippen molar-refractivity contribution in [3.8, 4) is 11.6 Å². The Bertz CT molecular complexity index is 1390. The molecule has 1 fully saturated rings. The molecular formula is C21H19ClN6O3S. The van der Waals surface area contributed by atoms with Crippen LogP contribution in [-0.2, 0) is 10.0 Å². The van der Waals surface area contributed by atoms with E-state index in [1.807, 2.05) is 16.7 Å². The van der Waals surface area contributed by atoms with Gasteiger partial charge in [0.05, 0.1) is 9.92 Å². The topological polar surface area (TPSA) is 114 Å². The average molecular weight is 471 g/mol. The fraction of sp³-hybridized carbons (Fsp3) is 0.238. The first-order valence-corrected chi connectivity index (χ1v) is 11.9. The SMILES string of the molecule is O=Cc1ccc(S(=O)(=O)N2CCC(n3c(-c4ncc[nH]4)nc4cccnc43)CC2)cc1Cl. The van der Waals surface area contributed by atoms with E-state index in [2.05, 4.69) is 15.0 Å². The molecule has 11 heteroatoms. The first-order chi connectivity index (χ1) is 15.5. The van der Waals surface area contributed by atoms with Crippen LogP contribution in [0.4, 0.5) is 0 Å². The summed E-state index contributed by atoms with van der Waals surface area (Å²) in [5.41, 5.74) is 1.77. The van der Waals surface area contributed by atoms with Gasteiger partial charge in [-0.15, -0.1) is 0 Å². The Labute approximate surface area is 189 Å². The van der Waals surface area contributed by atoms with Gasteiger partial charge in [0.25, 0.3) is 0 Å². The largest absolute Gasteiger partial charge is 0.342 e. The van der Waals surface area contributed by atoms with E-state index < -0.39 is 10.0 Å². The van der Waals surface area contributed by atoms with Crippen molar-refractivity contribution in [2.75, 3.05) is 13.1 Å². The van der Waals surface area contributed by atoms with Crippen LogP contribution in [-0.4, -0.2) is 56.6 Å². The zero-order chi connectivity index (χ0) is 22.3. The van der Waals surface area contributed by atoms with Crippen LogP contribution in [0.3, 0.4) is 0 Å². The number of fused-ring (bicyclic) bond motifs is 1. The number of aromatic amines is 1. The predicted molar refractivity (Wildman–Crippen MR) is 119 cm³/mol. The summed E-state index contributed by atoms with van der Waals surface area (Å²) in [4.78, 5) is 27.7. The lowest BCUT2D eigenvalue weighted by Crippen LogP contribution is -2.39. The molecule has 0 aliphatic carbocycles. The number of piperidine rings is 1. The van der Waals surface area contributed by atoms with E-state index in [1.54, 1.807) is 18.6 Å². The van der Waals surface area contributed by atoms with Crippen molar-refractivity contribution in [2.24, 2.45) is 0 Å². The number of sulfonamides is 1. The van der Waals surface area contributed by atoms with Gasteiger partial charge in [0.2, 0.25) is 10.0 Å². The molecule has 5 rings (SSSR count). The summed E-state index contributed by atoms with van der Waals surface area (Å²) in [7, 11) is -3.72. The molecule has 1 saturated heterocycles. The highest BCUT2D eigenvalue weighted by atomic mass is 35.5. The lowest BCUT2D eigenvalue weighted by Gasteiger charge is -2.32. The molecule has 32 heavy (non-hydrogen) atoms. The van der Waals surface area contributed by atoms with E-state index in [1.165, 1.54) is 22.5 Å². The highest BCUT2D eigenvalue weighted by Gasteiger charge is 2.32. The fourth-order valence-corrected chi connectivity index (χ4v) is 5.87. The van der Waals surface area contributed by atoms with Crippen LogP contribution in [0.25, 0.3) is 22.8 Å². The highest BCUT2D eigenvalue weighted by Crippen LogP contribution is 2.33. The highest BCUT2D eigenvalue weighted by molar-refractivity contribution is 7.89. The summed E-state index contributed by atoms with van der Waals surface area (Å²) in [6.45, 7) is 0.675. The third-order valence-corrected chi connectivity index (χ3v) is 7.91. The third-order valence-electron chi connectivity index (χ3n) is 5.68. The van der Waals surface area contributed by atoms with Gasteiger partial charge in [-0.2, -0.15) is 4.31 Å². The second kappa shape index (κ2) is 8.12. The second-order valence-corrected chi connectivity index (χ2v) is 9.87. The Morgan fingerprint density at radius 3 is 2.62 bits per heavy atom. The molecule has 0 amide bonds. The molecule has 3 aromatic heterocycles. The van der Waals surface area contributed by atoms with E-state index in [0.717, 1.165) is 11.2 Å². The molecule has 1 aromatic carbocycles. The number of hydrogen-bond donors (Lipinski definition) is 1. The maximum Gasteiger partial charge on any atom is 0.243 e. The molecule has 4 aromatic rings. The lowest BCUT2D eigenvalue weighted by molar-refractivity contribution is 0.112. The maximum atomic E-state index is 13.1. The van der Waals surface area contributed by atoms with E-state index >= 15 is 0 Å². The molecule has 0 radical (unpaired) electrons. The minimum atomic E-state index is -3.72. The van der Waals surface area contributed by atoms with Gasteiger partial charge in [0.15, 0.2) is 23.6 Å². The van der Waals surface area contributed by atoms with Crippen molar-refractivity contribution in [1.29, 1.82) is 0 Å². The van der Waals surface area contributed by atoms with Crippen molar-refractivity contribution < 1.29 is 13.2 Å². The Kier molecular flexibility index (Phi) is 5.28. The molecule has 0 saturated carbocycles. The normalized spacial score (nSPS) is 15.9. The molecule has 9 nitrogen and oxygen atoms in total. The van der Waals surface area contributed by atoms with Crippen molar-refractivity contribution in [3.63, 3.8) is 0 Å². The molecule has 0 atom stereocenters. The summed E-state index contributed by atoms with van der Waals surface area (Å²) in [6, 6.07) is 7.92. The number of carbonyl (C=O) groups is 1. The Hall–Kier alpha value is -3.08. The zero-order valence-corrected chi connectivity index (χ0v) is 18.4. The molecular weight excluding hydrogens is 452 g/mol. The monoisotopic (exact) mass is 470 g/mol. The van der Waals surface area contributed by atoms with Gasteiger partial charge in [-0.3, -0.25) is 4.79 Å². The third kappa shape index (κ3) is 3.50. The van der Waals surface area contributed by atoms with Gasteiger partial charge < -0.3 is 9.55 Å². The summed E-state index contributed by atoms with van der Waals surface area (Å²) in [6.07, 6.45) is 6.92. The number of pyridine rings is 1. The molecule has 164 valence electrons. The molecule has 0 bridgehead atoms. The fourth-order valence-electron chi connectivity index (χ4n) is 4.08. The number of halogens is 1. The predicted octanol–water partition coefficient (Wildman–Crippen LogP) is 3.31. The van der Waals surface area contributed by atoms with Crippen LogP contribution in [0.5, 0.6) is 0 Å². The molecule has 1 aliphatic rings. The van der Waals surface area contributed by atoms with Crippen LogP contribution in [0.2, 0.25) is 5.02 Å². The molecule has 1 aliphatic heterocycles. The second-order valence-electron chi connectivity index (χ2n) is 7.53. The number of nitrogens with zero attached hydrogens (tertiary/aromatic N) is 5. The Morgan fingerprint density at radius 2 is 1.94 bits per heavy atom. The van der Waals surface area contributed by atoms with Crippen LogP contribution in [0.15, 0.2) is 53.8 Å². The number of carbonyl (C=O) groups excluding carboxylic acids is 1. The number of rotatable bonds is 5. The first kappa shape index (κ1) is 20.8. The minimum Gasteiger partial charge on any atom is -0.342 e. The van der Waals surface area contributed by atoms with Crippen LogP contribution in [0.1, 0.15) is 29.2 Å². The molecule has 0 unspecified atom stereocenters. The summed E-state index contributed by atoms with van der Waals surface area (Å²) < 4.78 is 29.8. The maximum absolute atomic E-state index is 13.1. The number of nitrogens with one attached hydrogen (secondary N) is 1. The summed E-state index contributed by atoms with van der Waals surface area (Å²) in [5, 5.41) is 0.120. The first-order valence-electron chi connectivity index (χ1n) is 10.1. The Morgan fingerprint density at radius 1 is 1.12 bits per heavy atom. The van der Waals surface area contributed by atoms with Crippen molar-refractivity contribution >= 4 is 39.1 Å². The van der Waals surface area contributed by atoms with Crippen LogP contribution in [0, 0.1) is 0 Å². The van der Waals surface area contributed by atoms with Gasteiger partial charge in [-0.1, -0.05) is 11.6 Å². The molecule has 4 heterocycles. The van der Waals surface area contributed by atoms with Gasteiger partial charge in [0.1, 0.15) is 5.52 Å². The van der Waals surface area contributed by atoms with Gasteiger partial charge in [-0.25, -0.2) is 23.4 Å². The average Bonchev–Trinajstić information content (AvgIpc) is 3.47. The van der Waals surface area contributed by atoms with E-state index in [0.29, 0.717) is 43.9 Å². The van der Waals surface area contributed by atoms with Crippen molar-refractivity contribution in [1.82, 2.24) is 28.8 Å². The number of H-pyrrole nitrogens is 1. The Balaban J connectivity index is 1.43. The summed E-state index contributed by atoms with van der Waals surface area (Å²) >= 11 is 6.05. The number of hydrogen-bond acceptors (Lipinski definition) is 6. The summed E-state index contributed by atoms with van der Waals surface area (Å²) in [5.74, 6) is 1.32. The van der Waals surface area contributed by atoms with Crippen LogP contribution >= 0.6 is 11.6 Å². The smallest absolute Gasteiger partial charge is 0.243 e. The van der Waals surface area contributed by atoms with E-state index in [-0.39, 0.29) is 21.5 Å². The molecule has 0 spiro atoms. The number of aldehydes is 1. The minimum absolute atomic E-state index is 0.0162. The zero-order valence-electron chi connectivity index (χ0n) is 16.8. The number of imidazole rings is 2. The van der Waals surface area contributed by atoms with Crippen molar-refractivity contribution in [2.45, 2.75) is 23.8 Å². The lowest BCUT2D eigenvalue weighted by atomic mass is 10.1.